The van der Waals surface area contributed by atoms with Crippen LogP contribution < -0.4 is 4.18 Å². The average molecular weight is 386 g/mol. The molecule has 0 aliphatic rings. The summed E-state index contributed by atoms with van der Waals surface area (Å²) in [6.45, 7) is 4.02. The molecule has 0 saturated heterocycles. The van der Waals surface area contributed by atoms with Crippen LogP contribution in [0.2, 0.25) is 0 Å². The molecule has 0 fully saturated rings. The third kappa shape index (κ3) is 3.36. The number of alkyl halides is 3. The maximum atomic E-state index is 12.4. The summed E-state index contributed by atoms with van der Waals surface area (Å²) in [5.74, 6) is -0.383. The molecule has 1 aromatic heterocycles. The number of hydrogen-bond acceptors (Lipinski definition) is 4. The molecule has 2 aromatic carbocycles. The van der Waals surface area contributed by atoms with Crippen molar-refractivity contribution in [3.05, 3.63) is 52.9 Å². The lowest BCUT2D eigenvalue weighted by Gasteiger charge is -2.10. The van der Waals surface area contributed by atoms with Crippen LogP contribution in [0.15, 0.2) is 42.5 Å². The fourth-order valence-corrected chi connectivity index (χ4v) is 3.96. The summed E-state index contributed by atoms with van der Waals surface area (Å²) in [5, 5.41) is 1.05. The summed E-state index contributed by atoms with van der Waals surface area (Å²) in [6, 6.07) is 11.5. The highest BCUT2D eigenvalue weighted by molar-refractivity contribution is 7.88. The van der Waals surface area contributed by atoms with E-state index in [2.05, 4.69) is 10.2 Å². The fourth-order valence-electron chi connectivity index (χ4n) is 2.50. The number of thiophene rings is 1. The molecule has 132 valence electrons. The van der Waals surface area contributed by atoms with Gasteiger partial charge >= 0.3 is 15.6 Å². The van der Waals surface area contributed by atoms with E-state index in [0.717, 1.165) is 31.7 Å². The van der Waals surface area contributed by atoms with Gasteiger partial charge in [-0.05, 0) is 48.7 Å². The fraction of sp³-hybridized carbons (Fsp3) is 0.176. The van der Waals surface area contributed by atoms with Crippen LogP contribution in [0.25, 0.3) is 21.2 Å². The Kier molecular flexibility index (Phi) is 4.28. The first-order chi connectivity index (χ1) is 11.6. The lowest BCUT2D eigenvalue weighted by atomic mass is 10.00. The van der Waals surface area contributed by atoms with E-state index >= 15 is 0 Å². The topological polar surface area (TPSA) is 43.4 Å². The highest BCUT2D eigenvalue weighted by Crippen LogP contribution is 2.37. The Bertz CT molecular complexity index is 1030. The highest BCUT2D eigenvalue weighted by Gasteiger charge is 2.48. The summed E-state index contributed by atoms with van der Waals surface area (Å²) in [4.78, 5) is 1.15. The summed E-state index contributed by atoms with van der Waals surface area (Å²) in [7, 11) is -5.66. The van der Waals surface area contributed by atoms with E-state index in [1.807, 2.05) is 26.0 Å². The molecule has 25 heavy (non-hydrogen) atoms. The van der Waals surface area contributed by atoms with Gasteiger partial charge < -0.3 is 4.18 Å². The van der Waals surface area contributed by atoms with Gasteiger partial charge in [-0.15, -0.1) is 11.3 Å². The van der Waals surface area contributed by atoms with E-state index in [9.17, 15) is 21.6 Å². The van der Waals surface area contributed by atoms with Gasteiger partial charge in [-0.25, -0.2) is 0 Å². The Morgan fingerprint density at radius 1 is 1.00 bits per heavy atom. The minimum atomic E-state index is -5.66. The number of hydrogen-bond donors (Lipinski definition) is 0. The Morgan fingerprint density at radius 2 is 1.64 bits per heavy atom. The third-order valence-electron chi connectivity index (χ3n) is 3.66. The van der Waals surface area contributed by atoms with Crippen molar-refractivity contribution in [2.45, 2.75) is 19.4 Å². The smallest absolute Gasteiger partial charge is 0.376 e. The SMILES string of the molecule is Cc1cc2c(-c3ccc(OS(=O)(=O)C(F)(F)F)cc3)ccc(C)c2s1. The number of halogens is 3. The number of rotatable bonds is 3. The summed E-state index contributed by atoms with van der Waals surface area (Å²) >= 11 is 1.67. The molecule has 8 heteroatoms. The molecule has 1 heterocycles. The molecular weight excluding hydrogens is 373 g/mol. The van der Waals surface area contributed by atoms with Crippen LogP contribution in [0.1, 0.15) is 10.4 Å². The van der Waals surface area contributed by atoms with Gasteiger partial charge in [-0.1, -0.05) is 24.3 Å². The van der Waals surface area contributed by atoms with Crippen molar-refractivity contribution in [1.29, 1.82) is 0 Å². The predicted octanol–water partition coefficient (Wildman–Crippen LogP) is 5.41. The maximum absolute atomic E-state index is 12.4. The first-order valence-electron chi connectivity index (χ1n) is 7.19. The minimum Gasteiger partial charge on any atom is -0.376 e. The zero-order valence-electron chi connectivity index (χ0n) is 13.2. The van der Waals surface area contributed by atoms with Crippen LogP contribution in [0.4, 0.5) is 13.2 Å². The molecule has 0 aliphatic carbocycles. The summed E-state index contributed by atoms with van der Waals surface area (Å²) in [5.41, 5.74) is -2.62. The quantitative estimate of drug-likeness (QED) is 0.446. The van der Waals surface area contributed by atoms with Gasteiger partial charge in [-0.2, -0.15) is 21.6 Å². The lowest BCUT2D eigenvalue weighted by Crippen LogP contribution is -2.28. The van der Waals surface area contributed by atoms with E-state index in [0.29, 0.717) is 0 Å². The molecule has 3 rings (SSSR count). The molecule has 0 N–H and O–H groups in total. The Balaban J connectivity index is 1.98. The largest absolute Gasteiger partial charge is 0.534 e. The minimum absolute atomic E-state index is 0.383. The molecule has 0 unspecified atom stereocenters. The standard InChI is InChI=1S/C17H13F3O3S2/c1-10-3-8-14(15-9-11(2)24-16(10)15)12-4-6-13(7-5-12)23-25(21,22)17(18,19)20/h3-9H,1-2H3. The van der Waals surface area contributed by atoms with E-state index in [1.165, 1.54) is 12.1 Å². The molecule has 3 aromatic rings. The van der Waals surface area contributed by atoms with Gasteiger partial charge in [0, 0.05) is 15.0 Å². The van der Waals surface area contributed by atoms with Gasteiger partial charge in [0.2, 0.25) is 0 Å². The molecular formula is C17H13F3O3S2. The zero-order chi connectivity index (χ0) is 18.4. The van der Waals surface area contributed by atoms with Crippen LogP contribution >= 0.6 is 11.3 Å². The number of aryl methyl sites for hydroxylation is 2. The number of benzene rings is 2. The maximum Gasteiger partial charge on any atom is 0.534 e. The Hall–Kier alpha value is -2.06. The van der Waals surface area contributed by atoms with Gasteiger partial charge in [0.25, 0.3) is 0 Å². The van der Waals surface area contributed by atoms with E-state index in [-0.39, 0.29) is 5.75 Å². The number of fused-ring (bicyclic) bond motifs is 1. The van der Waals surface area contributed by atoms with Crippen molar-refractivity contribution in [1.82, 2.24) is 0 Å². The van der Waals surface area contributed by atoms with Crippen LogP contribution in [-0.2, 0) is 10.1 Å². The van der Waals surface area contributed by atoms with Gasteiger partial charge in [0.05, 0.1) is 0 Å². The van der Waals surface area contributed by atoms with Crippen molar-refractivity contribution in [2.24, 2.45) is 0 Å². The second-order valence-corrected chi connectivity index (χ2v) is 8.33. The molecule has 0 atom stereocenters. The highest BCUT2D eigenvalue weighted by atomic mass is 32.2. The van der Waals surface area contributed by atoms with E-state index in [4.69, 9.17) is 0 Å². The summed E-state index contributed by atoms with van der Waals surface area (Å²) < 4.78 is 64.5. The normalized spacial score (nSPS) is 12.5. The van der Waals surface area contributed by atoms with Gasteiger partial charge in [0.1, 0.15) is 5.75 Å². The lowest BCUT2D eigenvalue weighted by molar-refractivity contribution is -0.0500. The Labute approximate surface area is 146 Å². The monoisotopic (exact) mass is 386 g/mol. The first kappa shape index (κ1) is 17.8. The van der Waals surface area contributed by atoms with Crippen molar-refractivity contribution in [3.63, 3.8) is 0 Å². The second kappa shape index (κ2) is 6.03. The van der Waals surface area contributed by atoms with Crippen LogP contribution in [0.5, 0.6) is 5.75 Å². The molecule has 0 amide bonds. The first-order valence-corrected chi connectivity index (χ1v) is 9.42. The van der Waals surface area contributed by atoms with Crippen molar-refractivity contribution in [3.8, 4) is 16.9 Å². The molecule has 0 bridgehead atoms. The zero-order valence-corrected chi connectivity index (χ0v) is 14.8. The van der Waals surface area contributed by atoms with E-state index in [1.54, 1.807) is 23.5 Å². The van der Waals surface area contributed by atoms with E-state index < -0.39 is 15.6 Å². The summed E-state index contributed by atoms with van der Waals surface area (Å²) in [6.07, 6.45) is 0. The van der Waals surface area contributed by atoms with Crippen molar-refractivity contribution in [2.75, 3.05) is 0 Å². The Morgan fingerprint density at radius 3 is 2.24 bits per heavy atom. The average Bonchev–Trinajstić information content (AvgIpc) is 2.90. The molecule has 0 aliphatic heterocycles. The molecule has 3 nitrogen and oxygen atoms in total. The van der Waals surface area contributed by atoms with Crippen LogP contribution in [0, 0.1) is 13.8 Å². The van der Waals surface area contributed by atoms with Crippen molar-refractivity contribution < 1.29 is 25.8 Å². The molecule has 0 saturated carbocycles. The molecule has 0 spiro atoms. The van der Waals surface area contributed by atoms with Gasteiger partial charge in [0.15, 0.2) is 0 Å². The predicted molar refractivity (Wildman–Crippen MR) is 92.3 cm³/mol. The van der Waals surface area contributed by atoms with Gasteiger partial charge in [-0.3, -0.25) is 0 Å². The van der Waals surface area contributed by atoms with Crippen LogP contribution in [-0.4, -0.2) is 13.9 Å². The van der Waals surface area contributed by atoms with Crippen LogP contribution in [0.3, 0.4) is 0 Å². The van der Waals surface area contributed by atoms with Crippen molar-refractivity contribution >= 4 is 31.5 Å². The molecule has 0 radical (unpaired) electrons. The second-order valence-electron chi connectivity index (χ2n) is 5.54. The third-order valence-corrected chi connectivity index (χ3v) is 5.82.